The molecule has 0 aromatic rings. The van der Waals surface area contributed by atoms with E-state index in [1.165, 1.54) is 327 Å². The van der Waals surface area contributed by atoms with Gasteiger partial charge in [0.2, 0.25) is 0 Å². The number of aliphatic hydroxyl groups excluding tert-OH is 1. The van der Waals surface area contributed by atoms with Crippen molar-refractivity contribution < 1.29 is 26.8 Å². The van der Waals surface area contributed by atoms with Gasteiger partial charge in [0.1, 0.15) is 0 Å². The fraction of sp³-hybridized carbons (Fsp3) is 1.00. The Morgan fingerprint density at radius 3 is 0.408 bits per heavy atom. The largest absolute Gasteiger partial charge is 3.00 e. The van der Waals surface area contributed by atoms with Crippen LogP contribution >= 0.6 is 0 Å². The molecule has 0 aliphatic rings. The molecule has 0 aromatic heterocycles. The van der Waals surface area contributed by atoms with Crippen molar-refractivity contribution in [1.82, 2.24) is 0 Å². The van der Waals surface area contributed by atoms with Gasteiger partial charge < -0.3 is 21.1 Å². The van der Waals surface area contributed by atoms with E-state index in [1.807, 2.05) is 0 Å². The van der Waals surface area contributed by atoms with Crippen LogP contribution in [0.3, 0.4) is 0 Å². The van der Waals surface area contributed by atoms with Crippen LogP contribution in [0.4, 0.5) is 0 Å². The zero-order chi connectivity index (χ0) is 51.8. The minimum absolute atomic E-state index is 0. The van der Waals surface area contributed by atoms with E-state index in [2.05, 4.69) is 64.4 Å². The molecule has 0 atom stereocenters. The molecule has 0 spiro atoms. The third-order valence-electron chi connectivity index (χ3n) is 14.0. The van der Waals surface area contributed by atoms with Crippen molar-refractivity contribution in [1.29, 1.82) is 0 Å². The zero-order valence-corrected chi connectivity index (χ0v) is 52.6. The Bertz CT molecular complexity index is 623. The smallest absolute Gasteiger partial charge is 0.662 e. The quantitative estimate of drug-likeness (QED) is 0.0479. The predicted molar refractivity (Wildman–Crippen MR) is 326 cm³/mol. The van der Waals surface area contributed by atoms with Crippen molar-refractivity contribution in [3.8, 4) is 0 Å². The van der Waals surface area contributed by atoms with E-state index in [0.29, 0.717) is 6.61 Å². The molecule has 0 bridgehead atoms. The molecule has 5 heteroatoms. The summed E-state index contributed by atoms with van der Waals surface area (Å²) in [6, 6.07) is 0. The van der Waals surface area contributed by atoms with Gasteiger partial charge in [-0.1, -0.05) is 376 Å². The van der Waals surface area contributed by atoms with Crippen LogP contribution in [0.2, 0.25) is 0 Å². The van der Waals surface area contributed by atoms with Gasteiger partial charge >= 0.3 is 21.7 Å². The average Bonchev–Trinajstić information content (AvgIpc) is 3.37. The van der Waals surface area contributed by atoms with Crippen LogP contribution in [-0.2, 0) is 21.7 Å². The second kappa shape index (κ2) is 87.2. The maximum atomic E-state index is 8.29. The normalized spacial score (nSPS) is 10.8. The Morgan fingerprint density at radius 2 is 0.282 bits per heavy atom. The molecule has 0 aliphatic heterocycles. The Morgan fingerprint density at radius 1 is 0.169 bits per heavy atom. The van der Waals surface area contributed by atoms with Crippen LogP contribution in [0.1, 0.15) is 382 Å². The van der Waals surface area contributed by atoms with Crippen LogP contribution in [0, 0.1) is 0 Å². The first kappa shape index (κ1) is 80.4. The Labute approximate surface area is 468 Å². The van der Waals surface area contributed by atoms with E-state index in [0.717, 1.165) is 45.7 Å². The second-order valence-electron chi connectivity index (χ2n) is 21.6. The Balaban J connectivity index is -0.000000285. The monoisotopic (exact) mass is 1040 g/mol. The van der Waals surface area contributed by atoms with Crippen molar-refractivity contribution in [2.75, 3.05) is 45.9 Å². The molecule has 0 saturated heterocycles. The first-order chi connectivity index (χ1) is 34.7. The third-order valence-corrected chi connectivity index (χ3v) is 14.0. The van der Waals surface area contributed by atoms with E-state index >= 15 is 0 Å². The summed E-state index contributed by atoms with van der Waals surface area (Å²) in [6.07, 6.45) is 72.3. The fourth-order valence-electron chi connectivity index (χ4n) is 9.02. The Kier molecular flexibility index (Phi) is 98.8. The Hall–Kier alpha value is 0.554. The van der Waals surface area contributed by atoms with Crippen LogP contribution in [0.15, 0.2) is 0 Å². The third kappa shape index (κ3) is 96.7. The number of hydrogen-bond donors (Lipinski definition) is 1. The van der Waals surface area contributed by atoms with E-state index in [-0.39, 0.29) is 21.7 Å². The van der Waals surface area contributed by atoms with Crippen LogP contribution in [0.5, 0.6) is 0 Å². The topological polar surface area (TPSA) is 62.5 Å². The van der Waals surface area contributed by atoms with Gasteiger partial charge in [0.05, 0.1) is 0 Å². The molecule has 0 fully saturated rings. The molecular weight excluding hydrogens is 899 g/mol. The van der Waals surface area contributed by atoms with Gasteiger partial charge in [-0.25, -0.2) is 0 Å². The van der Waals surface area contributed by atoms with E-state index < -0.39 is 0 Å². The van der Waals surface area contributed by atoms with Crippen molar-refractivity contribution in [3.63, 3.8) is 0 Å². The number of rotatable bonds is 58. The van der Waals surface area contributed by atoms with Crippen LogP contribution in [0.25, 0.3) is 16.0 Å². The molecule has 71 heavy (non-hydrogen) atoms. The predicted octanol–water partition coefficient (Wildman–Crippen LogP) is 24.5. The first-order valence-corrected chi connectivity index (χ1v) is 33.2. The maximum Gasteiger partial charge on any atom is 3.00 e. The van der Waals surface area contributed by atoms with Gasteiger partial charge in [0.15, 0.2) is 0 Å². The van der Waals surface area contributed by atoms with Gasteiger partial charge in [-0.3, -0.25) is 0 Å². The van der Waals surface area contributed by atoms with Gasteiger partial charge in [-0.2, -0.15) is 0 Å². The van der Waals surface area contributed by atoms with Gasteiger partial charge in [-0.05, 0) is 6.42 Å². The summed E-state index contributed by atoms with van der Waals surface area (Å²) in [5, 5.41) is 22.3. The van der Waals surface area contributed by atoms with Crippen molar-refractivity contribution >= 4 is 0 Å². The van der Waals surface area contributed by atoms with Crippen LogP contribution in [-0.4, -0.2) is 51.0 Å². The van der Waals surface area contributed by atoms with Gasteiger partial charge in [0, 0.05) is 6.61 Å². The summed E-state index contributed by atoms with van der Waals surface area (Å²) in [4.78, 5) is 0. The number of hydrogen-bond acceptors (Lipinski definition) is 1. The molecule has 0 saturated carbocycles. The molecule has 0 rings (SSSR count). The maximum absolute atomic E-state index is 8.29. The molecule has 1 radical (unpaired) electrons. The molecule has 0 aliphatic carbocycles. The van der Waals surface area contributed by atoms with E-state index in [1.54, 1.807) is 0 Å². The van der Waals surface area contributed by atoms with Gasteiger partial charge in [0.25, 0.3) is 0 Å². The minimum atomic E-state index is 0. The van der Waals surface area contributed by atoms with Gasteiger partial charge in [-0.15, -0.1) is 39.3 Å². The number of nitrogens with zero attached hydrogens (tertiary/aromatic N) is 3. The molecule has 0 heterocycles. The van der Waals surface area contributed by atoms with E-state index in [9.17, 15) is 0 Å². The molecule has 0 amide bonds. The first-order valence-electron chi connectivity index (χ1n) is 33.2. The van der Waals surface area contributed by atoms with Crippen molar-refractivity contribution in [2.24, 2.45) is 0 Å². The summed E-state index contributed by atoms with van der Waals surface area (Å²) in [7, 11) is 0. The van der Waals surface area contributed by atoms with Crippen molar-refractivity contribution in [3.05, 3.63) is 16.0 Å². The summed E-state index contributed by atoms with van der Waals surface area (Å²) in [5.74, 6) is 0. The number of unbranched alkanes of at least 4 members (excludes halogenated alkanes) is 45. The molecule has 0 unspecified atom stereocenters. The second-order valence-corrected chi connectivity index (χ2v) is 21.6. The molecular formula is C66H140N3OTi. The fourth-order valence-corrected chi connectivity index (χ4v) is 9.02. The van der Waals surface area contributed by atoms with Crippen LogP contribution < -0.4 is 0 Å². The molecule has 429 valence electrons. The number of aliphatic hydroxyl groups is 1. The zero-order valence-electron chi connectivity index (χ0n) is 51.0. The molecule has 1 N–H and O–H groups in total. The minimum Gasteiger partial charge on any atom is -0.662 e. The average molecular weight is 1040 g/mol. The SMILES string of the molecule is CCCCCCCCCC[N-]CCCCCCCCCC.CCCCCCCCCC[N-]CCCCCCCCCC.CCCCCCCCCC[N-]CCCCCCCCCC.CCCCCCO.[Ti+3]. The molecule has 0 aromatic carbocycles. The summed E-state index contributed by atoms with van der Waals surface area (Å²) >= 11 is 0. The van der Waals surface area contributed by atoms with E-state index in [4.69, 9.17) is 5.11 Å². The summed E-state index contributed by atoms with van der Waals surface area (Å²) in [5.41, 5.74) is 0. The summed E-state index contributed by atoms with van der Waals surface area (Å²) in [6.45, 7) is 22.9. The summed E-state index contributed by atoms with van der Waals surface area (Å²) < 4.78 is 0. The molecule has 4 nitrogen and oxygen atoms in total. The standard InChI is InChI=1S/3C20H42N.C6H14O.Ti/c3*1-3-5-7-9-11-13-15-17-19-21-20-18-16-14-12-10-8-6-4-2;1-2-3-4-5-6-7;/h3*3-20H2,1-2H3;7H,2-6H2,1H3;/q3*-1;;+3. The van der Waals surface area contributed by atoms with Crippen molar-refractivity contribution in [2.45, 2.75) is 382 Å².